The summed E-state index contributed by atoms with van der Waals surface area (Å²) >= 11 is 0. The first-order valence-electron chi connectivity index (χ1n) is 6.15. The van der Waals surface area contributed by atoms with Crippen molar-refractivity contribution in [2.24, 2.45) is 11.8 Å². The van der Waals surface area contributed by atoms with E-state index >= 15 is 0 Å². The van der Waals surface area contributed by atoms with Crippen LogP contribution in [0.4, 0.5) is 0 Å². The molecule has 0 N–H and O–H groups in total. The molecule has 0 saturated heterocycles. The van der Waals surface area contributed by atoms with Gasteiger partial charge in [-0.3, -0.25) is 12.2 Å². The maximum Gasteiger partial charge on any atom is 2.00 e. The van der Waals surface area contributed by atoms with Crippen LogP contribution in [0.2, 0.25) is 0 Å². The van der Waals surface area contributed by atoms with Crippen molar-refractivity contribution in [3.05, 3.63) is 47.6 Å². The van der Waals surface area contributed by atoms with Crippen LogP contribution in [0.5, 0.6) is 0 Å². The third-order valence-corrected chi connectivity index (χ3v) is 2.69. The van der Waals surface area contributed by atoms with Crippen molar-refractivity contribution >= 4 is 0 Å². The Hall–Kier alpha value is -0.326. The maximum atomic E-state index is 3.26. The summed E-state index contributed by atoms with van der Waals surface area (Å²) in [6.45, 7) is 8.77. The maximum absolute atomic E-state index is 3.26. The van der Waals surface area contributed by atoms with Crippen LogP contribution in [0.15, 0.2) is 35.5 Å². The minimum atomic E-state index is 0. The van der Waals surface area contributed by atoms with Crippen molar-refractivity contribution < 1.29 is 21.7 Å². The van der Waals surface area contributed by atoms with E-state index in [0.29, 0.717) is 11.8 Å². The van der Waals surface area contributed by atoms with Crippen LogP contribution in [0.3, 0.4) is 0 Å². The molecule has 0 heterocycles. The molecule has 2 aliphatic carbocycles. The minimum Gasteiger partial charge on any atom is -0.269 e. The molecule has 0 aromatic heterocycles. The Kier molecular flexibility index (Phi) is 8.55. The Balaban J connectivity index is 0.000000284. The Morgan fingerprint density at radius 3 is 1.29 bits per heavy atom. The van der Waals surface area contributed by atoms with Gasteiger partial charge in [-0.25, -0.2) is 23.3 Å². The molecular formula is C16H22Ti. The molecule has 0 fully saturated rings. The SMILES string of the molecule is CC(C)C1=[C-]CC=C1.CC(C)C1=[C-]CC=C1.[Ti+2]. The quantitative estimate of drug-likeness (QED) is 0.501. The zero-order valence-electron chi connectivity index (χ0n) is 11.4. The van der Waals surface area contributed by atoms with Gasteiger partial charge in [-0.2, -0.15) is 12.2 Å². The molecule has 0 saturated carbocycles. The molecule has 0 radical (unpaired) electrons. The van der Waals surface area contributed by atoms with E-state index in [-0.39, 0.29) is 21.7 Å². The van der Waals surface area contributed by atoms with Gasteiger partial charge < -0.3 is 0 Å². The monoisotopic (exact) mass is 262 g/mol. The molecule has 0 spiro atoms. The molecule has 0 aromatic rings. The van der Waals surface area contributed by atoms with Crippen LogP contribution >= 0.6 is 0 Å². The second kappa shape index (κ2) is 8.72. The molecule has 0 bridgehead atoms. The average molecular weight is 262 g/mol. The van der Waals surface area contributed by atoms with Gasteiger partial charge in [0, 0.05) is 0 Å². The summed E-state index contributed by atoms with van der Waals surface area (Å²) in [5.41, 5.74) is 2.73. The van der Waals surface area contributed by atoms with Gasteiger partial charge in [0.05, 0.1) is 0 Å². The van der Waals surface area contributed by atoms with Crippen LogP contribution in [0, 0.1) is 24.0 Å². The Bertz CT molecular complexity index is 293. The average Bonchev–Trinajstić information content (AvgIpc) is 2.93. The fourth-order valence-electron chi connectivity index (χ4n) is 1.64. The van der Waals surface area contributed by atoms with E-state index < -0.39 is 0 Å². The van der Waals surface area contributed by atoms with Gasteiger partial charge in [0.15, 0.2) is 0 Å². The van der Waals surface area contributed by atoms with Gasteiger partial charge in [0.1, 0.15) is 0 Å². The van der Waals surface area contributed by atoms with Crippen LogP contribution < -0.4 is 0 Å². The van der Waals surface area contributed by atoms with E-state index in [2.05, 4.69) is 64.2 Å². The second-order valence-corrected chi connectivity index (χ2v) is 4.79. The van der Waals surface area contributed by atoms with Crippen molar-refractivity contribution in [2.75, 3.05) is 0 Å². The molecule has 0 unspecified atom stereocenters. The van der Waals surface area contributed by atoms with Gasteiger partial charge >= 0.3 is 21.7 Å². The van der Waals surface area contributed by atoms with Gasteiger partial charge in [0.25, 0.3) is 0 Å². The molecule has 0 aliphatic heterocycles. The van der Waals surface area contributed by atoms with Crippen molar-refractivity contribution in [1.29, 1.82) is 0 Å². The van der Waals surface area contributed by atoms with Crippen molar-refractivity contribution in [1.82, 2.24) is 0 Å². The summed E-state index contributed by atoms with van der Waals surface area (Å²) < 4.78 is 0. The molecular weight excluding hydrogens is 240 g/mol. The Labute approximate surface area is 121 Å². The van der Waals surface area contributed by atoms with Gasteiger partial charge in [0.2, 0.25) is 0 Å². The van der Waals surface area contributed by atoms with Crippen molar-refractivity contribution in [3.8, 4) is 0 Å². The fourth-order valence-corrected chi connectivity index (χ4v) is 1.64. The normalized spacial score (nSPS) is 16.6. The standard InChI is InChI=1S/2C8H11.Ti/c2*1-7(2)8-5-3-4-6-8;/h2*3,5,7H,4H2,1-2H3;/q2*-1;+2. The van der Waals surface area contributed by atoms with E-state index in [9.17, 15) is 0 Å². The van der Waals surface area contributed by atoms with E-state index in [0.717, 1.165) is 12.8 Å². The largest absolute Gasteiger partial charge is 2.00 e. The first-order chi connectivity index (χ1) is 7.61. The predicted molar refractivity (Wildman–Crippen MR) is 70.7 cm³/mol. The topological polar surface area (TPSA) is 0 Å². The zero-order valence-corrected chi connectivity index (χ0v) is 12.9. The predicted octanol–water partition coefficient (Wildman–Crippen LogP) is 4.66. The first-order valence-corrected chi connectivity index (χ1v) is 6.15. The van der Waals surface area contributed by atoms with Crippen LogP contribution in [0.25, 0.3) is 0 Å². The van der Waals surface area contributed by atoms with E-state index in [1.54, 1.807) is 0 Å². The summed E-state index contributed by atoms with van der Waals surface area (Å²) in [5.74, 6) is 1.32. The molecule has 0 amide bonds. The molecule has 2 aliphatic rings. The molecule has 1 heteroatoms. The van der Waals surface area contributed by atoms with Crippen molar-refractivity contribution in [2.45, 2.75) is 40.5 Å². The zero-order chi connectivity index (χ0) is 12.0. The molecule has 2 rings (SSSR count). The molecule has 17 heavy (non-hydrogen) atoms. The number of allylic oxidation sites excluding steroid dienone is 8. The fraction of sp³-hybridized carbons (Fsp3) is 0.500. The third-order valence-electron chi connectivity index (χ3n) is 2.69. The van der Waals surface area contributed by atoms with Gasteiger partial charge in [-0.05, 0) is 0 Å². The summed E-state index contributed by atoms with van der Waals surface area (Å²) in [6, 6.07) is 0. The summed E-state index contributed by atoms with van der Waals surface area (Å²) in [4.78, 5) is 0. The van der Waals surface area contributed by atoms with Crippen molar-refractivity contribution in [3.63, 3.8) is 0 Å². The molecule has 90 valence electrons. The second-order valence-electron chi connectivity index (χ2n) is 4.79. The summed E-state index contributed by atoms with van der Waals surface area (Å²) in [6.07, 6.45) is 17.2. The minimum absolute atomic E-state index is 0. The van der Waals surface area contributed by atoms with Crippen LogP contribution in [0.1, 0.15) is 40.5 Å². The van der Waals surface area contributed by atoms with E-state index in [4.69, 9.17) is 0 Å². The van der Waals surface area contributed by atoms with Gasteiger partial charge in [-0.1, -0.05) is 39.5 Å². The third kappa shape index (κ3) is 6.24. The van der Waals surface area contributed by atoms with E-state index in [1.165, 1.54) is 11.1 Å². The summed E-state index contributed by atoms with van der Waals surface area (Å²) in [5, 5.41) is 0. The Morgan fingerprint density at radius 1 is 0.824 bits per heavy atom. The smallest absolute Gasteiger partial charge is 0.269 e. The van der Waals surface area contributed by atoms with Gasteiger partial charge in [-0.15, -0.1) is 12.8 Å². The van der Waals surface area contributed by atoms with Crippen LogP contribution in [-0.4, -0.2) is 0 Å². The molecule has 0 atom stereocenters. The first kappa shape index (κ1) is 16.7. The molecule has 0 aromatic carbocycles. The number of hydrogen-bond donors (Lipinski definition) is 0. The summed E-state index contributed by atoms with van der Waals surface area (Å²) in [7, 11) is 0. The molecule has 0 nitrogen and oxygen atoms in total. The number of rotatable bonds is 2. The Morgan fingerprint density at radius 2 is 1.18 bits per heavy atom. The number of hydrogen-bond acceptors (Lipinski definition) is 0. The van der Waals surface area contributed by atoms with Crippen LogP contribution in [-0.2, 0) is 21.7 Å². The van der Waals surface area contributed by atoms with E-state index in [1.807, 2.05) is 0 Å².